The lowest BCUT2D eigenvalue weighted by Crippen LogP contribution is -2.11. The molecule has 1 aromatic heterocycles. The molecular weight excluding hydrogens is 420 g/mol. The van der Waals surface area contributed by atoms with E-state index in [0.29, 0.717) is 16.1 Å². The number of nitrogens with one attached hydrogen (secondary N) is 2. The molecule has 4 rings (SSSR count). The highest BCUT2D eigenvalue weighted by Crippen LogP contribution is 2.23. The van der Waals surface area contributed by atoms with Gasteiger partial charge < -0.3 is 0 Å². The minimum Gasteiger partial charge on any atom is -0.296 e. The number of hydrogen-bond acceptors (Lipinski definition) is 5. The summed E-state index contributed by atoms with van der Waals surface area (Å²) in [4.78, 5) is 24.9. The molecule has 0 saturated carbocycles. The van der Waals surface area contributed by atoms with Crippen molar-refractivity contribution in [3.05, 3.63) is 95.0 Å². The van der Waals surface area contributed by atoms with Gasteiger partial charge in [-0.15, -0.1) is 10.2 Å². The van der Waals surface area contributed by atoms with Gasteiger partial charge in [-0.2, -0.15) is 0 Å². The summed E-state index contributed by atoms with van der Waals surface area (Å²) in [5.74, 6) is -0.668. The van der Waals surface area contributed by atoms with Gasteiger partial charge in [-0.3, -0.25) is 20.2 Å². The predicted octanol–water partition coefficient (Wildman–Crippen LogP) is 5.36. The van der Waals surface area contributed by atoms with Gasteiger partial charge in [-0.1, -0.05) is 71.5 Å². The van der Waals surface area contributed by atoms with Crippen molar-refractivity contribution in [2.45, 2.75) is 0 Å². The second-order valence-electron chi connectivity index (χ2n) is 6.28. The van der Waals surface area contributed by atoms with E-state index in [1.54, 1.807) is 30.3 Å². The number of rotatable bonds is 5. The van der Waals surface area contributed by atoms with Crippen LogP contribution >= 0.6 is 22.9 Å². The Morgan fingerprint density at radius 1 is 0.700 bits per heavy atom. The summed E-state index contributed by atoms with van der Waals surface area (Å²) in [7, 11) is 0. The molecule has 148 valence electrons. The fraction of sp³-hybridized carbons (Fsp3) is 0. The zero-order chi connectivity index (χ0) is 20.9. The Labute approximate surface area is 181 Å². The van der Waals surface area contributed by atoms with E-state index in [4.69, 9.17) is 11.6 Å². The number of halogens is 1. The number of amides is 2. The zero-order valence-corrected chi connectivity index (χ0v) is 17.1. The molecule has 8 heteroatoms. The monoisotopic (exact) mass is 434 g/mol. The van der Waals surface area contributed by atoms with Crippen LogP contribution in [0.3, 0.4) is 0 Å². The van der Waals surface area contributed by atoms with Crippen LogP contribution in [0, 0.1) is 0 Å². The first kappa shape index (κ1) is 19.8. The molecule has 0 aliphatic heterocycles. The molecule has 2 N–H and O–H groups in total. The molecule has 3 aromatic carbocycles. The van der Waals surface area contributed by atoms with Gasteiger partial charge in [0.05, 0.1) is 0 Å². The highest BCUT2D eigenvalue weighted by Gasteiger charge is 2.13. The summed E-state index contributed by atoms with van der Waals surface area (Å²) in [6, 6.07) is 23.7. The molecule has 0 spiro atoms. The largest absolute Gasteiger partial charge is 0.296 e. The van der Waals surface area contributed by atoms with Crippen molar-refractivity contribution in [3.63, 3.8) is 0 Å². The first-order valence-electron chi connectivity index (χ1n) is 8.96. The van der Waals surface area contributed by atoms with Crippen molar-refractivity contribution in [1.29, 1.82) is 0 Å². The number of aromatic nitrogens is 2. The molecule has 0 aliphatic carbocycles. The second kappa shape index (κ2) is 8.86. The van der Waals surface area contributed by atoms with Gasteiger partial charge in [-0.05, 0) is 41.5 Å². The molecule has 2 amide bonds. The van der Waals surface area contributed by atoms with Crippen LogP contribution in [0.4, 0.5) is 10.3 Å². The fourth-order valence-electron chi connectivity index (χ4n) is 2.76. The van der Waals surface area contributed by atoms with Crippen LogP contribution in [0.15, 0.2) is 78.9 Å². The summed E-state index contributed by atoms with van der Waals surface area (Å²) < 4.78 is 0. The number of hydrogen-bond donors (Lipinski definition) is 2. The smallest absolute Gasteiger partial charge is 0.257 e. The van der Waals surface area contributed by atoms with Gasteiger partial charge in [-0.25, -0.2) is 0 Å². The molecule has 0 aliphatic rings. The van der Waals surface area contributed by atoms with Crippen molar-refractivity contribution in [3.8, 4) is 11.1 Å². The van der Waals surface area contributed by atoms with Crippen LogP contribution in [0.2, 0.25) is 5.02 Å². The lowest BCUT2D eigenvalue weighted by atomic mass is 10.0. The highest BCUT2D eigenvalue weighted by molar-refractivity contribution is 7.19. The average Bonchev–Trinajstić information content (AvgIpc) is 3.21. The van der Waals surface area contributed by atoms with Gasteiger partial charge in [0.25, 0.3) is 11.8 Å². The molecule has 0 fully saturated rings. The second-order valence-corrected chi connectivity index (χ2v) is 7.69. The van der Waals surface area contributed by atoms with Crippen LogP contribution in [0.5, 0.6) is 0 Å². The SMILES string of the molecule is O=C(Nc1nnc(NC(=O)c2cccc(-c3ccccc3)c2)s1)c1cccc(Cl)c1. The number of nitrogens with zero attached hydrogens (tertiary/aromatic N) is 2. The Balaban J connectivity index is 1.44. The van der Waals surface area contributed by atoms with Crippen LogP contribution in [0.1, 0.15) is 20.7 Å². The normalized spacial score (nSPS) is 10.4. The van der Waals surface area contributed by atoms with E-state index in [2.05, 4.69) is 20.8 Å². The molecular formula is C22H15ClN4O2S. The summed E-state index contributed by atoms with van der Waals surface area (Å²) in [6.07, 6.45) is 0. The molecule has 0 atom stereocenters. The standard InChI is InChI=1S/C22H15ClN4O2S/c23-18-11-5-10-17(13-18)20(29)25-22-27-26-21(30-22)24-19(28)16-9-4-8-15(12-16)14-6-2-1-3-7-14/h1-13H,(H,24,26,28)(H,25,27,29). The third-order valence-electron chi connectivity index (χ3n) is 4.18. The lowest BCUT2D eigenvalue weighted by molar-refractivity contribution is 0.101. The molecule has 0 saturated heterocycles. The van der Waals surface area contributed by atoms with E-state index in [1.807, 2.05) is 48.5 Å². The van der Waals surface area contributed by atoms with Gasteiger partial charge >= 0.3 is 0 Å². The number of carbonyl (C=O) groups excluding carboxylic acids is 2. The minimum atomic E-state index is -0.359. The number of carbonyl (C=O) groups is 2. The first-order valence-corrected chi connectivity index (χ1v) is 10.2. The third kappa shape index (κ3) is 4.71. The first-order chi connectivity index (χ1) is 14.6. The molecule has 6 nitrogen and oxygen atoms in total. The van der Waals surface area contributed by atoms with E-state index in [0.717, 1.165) is 22.5 Å². The summed E-state index contributed by atoms with van der Waals surface area (Å²) in [5.41, 5.74) is 2.86. The zero-order valence-electron chi connectivity index (χ0n) is 15.5. The molecule has 0 bridgehead atoms. The summed E-state index contributed by atoms with van der Waals surface area (Å²) in [6.45, 7) is 0. The lowest BCUT2D eigenvalue weighted by Gasteiger charge is -2.05. The maximum absolute atomic E-state index is 12.6. The van der Waals surface area contributed by atoms with Crippen molar-refractivity contribution < 1.29 is 9.59 Å². The molecule has 1 heterocycles. The molecule has 30 heavy (non-hydrogen) atoms. The van der Waals surface area contributed by atoms with Crippen molar-refractivity contribution in [2.24, 2.45) is 0 Å². The summed E-state index contributed by atoms with van der Waals surface area (Å²) in [5, 5.41) is 14.2. The maximum Gasteiger partial charge on any atom is 0.257 e. The van der Waals surface area contributed by atoms with Crippen LogP contribution in [0.25, 0.3) is 11.1 Å². The Bertz CT molecular complexity index is 1210. The van der Waals surface area contributed by atoms with Crippen LogP contribution in [-0.2, 0) is 0 Å². The highest BCUT2D eigenvalue weighted by atomic mass is 35.5. The van der Waals surface area contributed by atoms with E-state index in [9.17, 15) is 9.59 Å². The Morgan fingerprint density at radius 3 is 1.90 bits per heavy atom. The topological polar surface area (TPSA) is 84.0 Å². The van der Waals surface area contributed by atoms with Crippen molar-refractivity contribution in [2.75, 3.05) is 10.6 Å². The van der Waals surface area contributed by atoms with Crippen molar-refractivity contribution >= 4 is 45.0 Å². The van der Waals surface area contributed by atoms with E-state index >= 15 is 0 Å². The third-order valence-corrected chi connectivity index (χ3v) is 5.17. The molecule has 4 aromatic rings. The van der Waals surface area contributed by atoms with Crippen LogP contribution < -0.4 is 10.6 Å². The van der Waals surface area contributed by atoms with Gasteiger partial charge in [0.2, 0.25) is 10.3 Å². The quantitative estimate of drug-likeness (QED) is 0.442. The Hall–Kier alpha value is -3.55. The summed E-state index contributed by atoms with van der Waals surface area (Å²) >= 11 is 6.97. The molecule has 0 radical (unpaired) electrons. The Morgan fingerprint density at radius 2 is 1.27 bits per heavy atom. The average molecular weight is 435 g/mol. The number of anilines is 2. The van der Waals surface area contributed by atoms with E-state index in [-0.39, 0.29) is 22.1 Å². The van der Waals surface area contributed by atoms with Crippen LogP contribution in [-0.4, -0.2) is 22.0 Å². The minimum absolute atomic E-state index is 0.272. The van der Waals surface area contributed by atoms with Gasteiger partial charge in [0.15, 0.2) is 0 Å². The fourth-order valence-corrected chi connectivity index (χ4v) is 3.59. The Kier molecular flexibility index (Phi) is 5.83. The van der Waals surface area contributed by atoms with E-state index < -0.39 is 0 Å². The molecule has 0 unspecified atom stereocenters. The number of benzene rings is 3. The maximum atomic E-state index is 12.6. The predicted molar refractivity (Wildman–Crippen MR) is 119 cm³/mol. The van der Waals surface area contributed by atoms with Gasteiger partial charge in [0, 0.05) is 16.1 Å². The van der Waals surface area contributed by atoms with E-state index in [1.165, 1.54) is 0 Å². The van der Waals surface area contributed by atoms with Gasteiger partial charge in [0.1, 0.15) is 0 Å². The van der Waals surface area contributed by atoms with Crippen molar-refractivity contribution in [1.82, 2.24) is 10.2 Å².